The van der Waals surface area contributed by atoms with Gasteiger partial charge in [0.15, 0.2) is 5.16 Å². The first-order chi connectivity index (χ1) is 14.6. The first-order valence-corrected chi connectivity index (χ1v) is 10.6. The molecule has 1 heterocycles. The van der Waals surface area contributed by atoms with Crippen molar-refractivity contribution >= 4 is 34.3 Å². The van der Waals surface area contributed by atoms with E-state index in [0.29, 0.717) is 44.0 Å². The monoisotopic (exact) mass is 438 g/mol. The highest BCUT2D eigenvalue weighted by molar-refractivity contribution is 7.98. The molecule has 0 saturated carbocycles. The highest BCUT2D eigenvalue weighted by atomic mass is 35.5. The summed E-state index contributed by atoms with van der Waals surface area (Å²) in [4.78, 5) is 18.2. The van der Waals surface area contributed by atoms with Crippen molar-refractivity contribution in [3.63, 3.8) is 0 Å². The first-order valence-electron chi connectivity index (χ1n) is 9.22. The number of ether oxygens (including phenoxy) is 2. The van der Waals surface area contributed by atoms with Gasteiger partial charge in [-0.15, -0.1) is 0 Å². The third-order valence-electron chi connectivity index (χ3n) is 4.63. The molecule has 4 rings (SSSR count). The van der Waals surface area contributed by atoms with E-state index in [0.717, 1.165) is 5.56 Å². The number of benzene rings is 3. The van der Waals surface area contributed by atoms with Crippen LogP contribution in [0, 0.1) is 0 Å². The normalized spacial score (nSPS) is 10.9. The van der Waals surface area contributed by atoms with Crippen LogP contribution in [-0.4, -0.2) is 23.8 Å². The molecule has 0 saturated heterocycles. The first kappa shape index (κ1) is 20.3. The lowest BCUT2D eigenvalue weighted by Crippen LogP contribution is -2.22. The Bertz CT molecular complexity index is 1270. The van der Waals surface area contributed by atoms with Gasteiger partial charge < -0.3 is 9.47 Å². The molecule has 0 aliphatic heterocycles. The summed E-state index contributed by atoms with van der Waals surface area (Å²) in [6.07, 6.45) is 0. The van der Waals surface area contributed by atoms with Gasteiger partial charge in [0.1, 0.15) is 11.5 Å². The van der Waals surface area contributed by atoms with Crippen molar-refractivity contribution in [2.75, 3.05) is 14.2 Å². The van der Waals surface area contributed by atoms with Gasteiger partial charge in [0, 0.05) is 16.8 Å². The van der Waals surface area contributed by atoms with Crippen LogP contribution in [0.3, 0.4) is 0 Å². The number of halogens is 1. The summed E-state index contributed by atoms with van der Waals surface area (Å²) in [7, 11) is 3.15. The molecular formula is C23H19ClN2O3S. The topological polar surface area (TPSA) is 53.4 Å². The lowest BCUT2D eigenvalue weighted by molar-refractivity contribution is 0.392. The van der Waals surface area contributed by atoms with E-state index in [2.05, 4.69) is 0 Å². The maximum absolute atomic E-state index is 13.4. The van der Waals surface area contributed by atoms with Crippen molar-refractivity contribution in [1.29, 1.82) is 0 Å². The van der Waals surface area contributed by atoms with Crippen molar-refractivity contribution in [1.82, 2.24) is 9.55 Å². The molecule has 0 spiro atoms. The maximum Gasteiger partial charge on any atom is 0.266 e. The van der Waals surface area contributed by atoms with Gasteiger partial charge >= 0.3 is 0 Å². The van der Waals surface area contributed by atoms with E-state index < -0.39 is 0 Å². The largest absolute Gasteiger partial charge is 0.497 e. The second-order valence-electron chi connectivity index (χ2n) is 6.51. The zero-order valence-corrected chi connectivity index (χ0v) is 18.0. The second kappa shape index (κ2) is 8.81. The maximum atomic E-state index is 13.4. The molecule has 0 radical (unpaired) electrons. The number of hydrogen-bond donors (Lipinski definition) is 0. The highest BCUT2D eigenvalue weighted by Gasteiger charge is 2.17. The summed E-state index contributed by atoms with van der Waals surface area (Å²) in [6.45, 7) is 0. The molecule has 1 aromatic heterocycles. The Kier molecular flexibility index (Phi) is 5.97. The van der Waals surface area contributed by atoms with Gasteiger partial charge in [-0.2, -0.15) is 0 Å². The molecule has 0 aliphatic carbocycles. The van der Waals surface area contributed by atoms with Gasteiger partial charge in [-0.3, -0.25) is 9.36 Å². The quantitative estimate of drug-likeness (QED) is 0.300. The van der Waals surface area contributed by atoms with Crippen molar-refractivity contribution in [3.8, 4) is 17.2 Å². The molecule has 0 N–H and O–H groups in total. The van der Waals surface area contributed by atoms with Crippen LogP contribution in [0.15, 0.2) is 76.7 Å². The third-order valence-corrected chi connectivity index (χ3v) is 5.87. The van der Waals surface area contributed by atoms with Crippen LogP contribution in [-0.2, 0) is 5.75 Å². The lowest BCUT2D eigenvalue weighted by atomic mass is 10.2. The SMILES string of the molecule is COc1ccc(-n2c(SCc3cccc(Cl)c3)nc3ccccc3c2=O)c(OC)c1. The molecule has 5 nitrogen and oxygen atoms in total. The molecule has 0 atom stereocenters. The zero-order valence-electron chi connectivity index (χ0n) is 16.5. The van der Waals surface area contributed by atoms with Gasteiger partial charge in [0.25, 0.3) is 5.56 Å². The van der Waals surface area contributed by atoms with E-state index >= 15 is 0 Å². The number of fused-ring (bicyclic) bond motifs is 1. The molecule has 152 valence electrons. The van der Waals surface area contributed by atoms with E-state index in [1.54, 1.807) is 43.1 Å². The van der Waals surface area contributed by atoms with E-state index in [9.17, 15) is 4.79 Å². The number of nitrogens with zero attached hydrogens (tertiary/aromatic N) is 2. The van der Waals surface area contributed by atoms with Crippen LogP contribution in [0.4, 0.5) is 0 Å². The Morgan fingerprint density at radius 3 is 2.60 bits per heavy atom. The predicted octanol–water partition coefficient (Wildman–Crippen LogP) is 5.35. The van der Waals surface area contributed by atoms with Crippen molar-refractivity contribution in [2.45, 2.75) is 10.9 Å². The summed E-state index contributed by atoms with van der Waals surface area (Å²) in [5, 5.41) is 1.79. The Balaban J connectivity index is 1.88. The zero-order chi connectivity index (χ0) is 21.1. The molecular weight excluding hydrogens is 420 g/mol. The Labute approximate surface area is 183 Å². The van der Waals surface area contributed by atoms with Crippen molar-refractivity contribution in [3.05, 3.63) is 87.7 Å². The van der Waals surface area contributed by atoms with Crippen LogP contribution in [0.2, 0.25) is 5.02 Å². The predicted molar refractivity (Wildman–Crippen MR) is 121 cm³/mol. The molecule has 0 fully saturated rings. The number of aromatic nitrogens is 2. The summed E-state index contributed by atoms with van der Waals surface area (Å²) in [6, 6.07) is 20.3. The summed E-state index contributed by atoms with van der Waals surface area (Å²) in [5.41, 5.74) is 2.15. The lowest BCUT2D eigenvalue weighted by Gasteiger charge is -2.16. The molecule has 0 amide bonds. The van der Waals surface area contributed by atoms with E-state index in [-0.39, 0.29) is 5.56 Å². The fraction of sp³-hybridized carbons (Fsp3) is 0.130. The Hall–Kier alpha value is -2.96. The number of methoxy groups -OCH3 is 2. The molecule has 7 heteroatoms. The van der Waals surface area contributed by atoms with Gasteiger partial charge in [-0.1, -0.05) is 47.6 Å². The Morgan fingerprint density at radius 2 is 1.83 bits per heavy atom. The molecule has 0 bridgehead atoms. The van der Waals surface area contributed by atoms with Gasteiger partial charge in [0.2, 0.25) is 0 Å². The minimum atomic E-state index is -0.155. The van der Waals surface area contributed by atoms with E-state index in [1.165, 1.54) is 11.8 Å². The molecule has 0 aliphatic rings. The standard InChI is InChI=1S/C23H19ClN2O3S/c1-28-17-10-11-20(21(13-17)29-2)26-22(27)18-8-3-4-9-19(18)25-23(26)30-14-15-6-5-7-16(24)12-15/h3-13H,14H2,1-2H3. The molecule has 4 aromatic rings. The molecule has 0 unspecified atom stereocenters. The van der Waals surface area contributed by atoms with Crippen LogP contribution in [0.25, 0.3) is 16.6 Å². The van der Waals surface area contributed by atoms with Crippen molar-refractivity contribution < 1.29 is 9.47 Å². The fourth-order valence-electron chi connectivity index (χ4n) is 3.17. The van der Waals surface area contributed by atoms with E-state index in [4.69, 9.17) is 26.1 Å². The van der Waals surface area contributed by atoms with Gasteiger partial charge in [-0.05, 0) is 42.0 Å². The van der Waals surface area contributed by atoms with Crippen LogP contribution < -0.4 is 15.0 Å². The fourth-order valence-corrected chi connectivity index (χ4v) is 4.33. The third kappa shape index (κ3) is 4.01. The number of thioether (sulfide) groups is 1. The summed E-state index contributed by atoms with van der Waals surface area (Å²) < 4.78 is 12.4. The van der Waals surface area contributed by atoms with Gasteiger partial charge in [0.05, 0.1) is 30.8 Å². The van der Waals surface area contributed by atoms with Crippen molar-refractivity contribution in [2.24, 2.45) is 0 Å². The minimum Gasteiger partial charge on any atom is -0.497 e. The highest BCUT2D eigenvalue weighted by Crippen LogP contribution is 2.31. The van der Waals surface area contributed by atoms with Crippen LogP contribution in [0.1, 0.15) is 5.56 Å². The second-order valence-corrected chi connectivity index (χ2v) is 7.89. The van der Waals surface area contributed by atoms with Crippen LogP contribution in [0.5, 0.6) is 11.5 Å². The number of rotatable bonds is 6. The molecule has 30 heavy (non-hydrogen) atoms. The average molecular weight is 439 g/mol. The molecule has 3 aromatic carbocycles. The average Bonchev–Trinajstić information content (AvgIpc) is 2.77. The van der Waals surface area contributed by atoms with Crippen LogP contribution >= 0.6 is 23.4 Å². The van der Waals surface area contributed by atoms with E-state index in [1.807, 2.05) is 42.5 Å². The van der Waals surface area contributed by atoms with Gasteiger partial charge in [-0.25, -0.2) is 4.98 Å². The number of para-hydroxylation sites is 1. The smallest absolute Gasteiger partial charge is 0.266 e. The minimum absolute atomic E-state index is 0.155. The summed E-state index contributed by atoms with van der Waals surface area (Å²) in [5.74, 6) is 1.78. The summed E-state index contributed by atoms with van der Waals surface area (Å²) >= 11 is 7.58. The Morgan fingerprint density at radius 1 is 1.00 bits per heavy atom. The number of hydrogen-bond acceptors (Lipinski definition) is 5.